The van der Waals surface area contributed by atoms with Crippen LogP contribution in [0.4, 0.5) is 0 Å². The Balaban J connectivity index is 1.41. The summed E-state index contributed by atoms with van der Waals surface area (Å²) in [5.41, 5.74) is 2.75. The summed E-state index contributed by atoms with van der Waals surface area (Å²) in [4.78, 5) is 2.56. The maximum Gasteiger partial charge on any atom is 0.119 e. The normalized spacial score (nSPS) is 16.6. The highest BCUT2D eigenvalue weighted by molar-refractivity contribution is 5.21. The minimum atomic E-state index is 0.689. The second kappa shape index (κ2) is 7.46. The van der Waals surface area contributed by atoms with Crippen LogP contribution < -0.4 is 4.74 Å². The highest BCUT2D eigenvalue weighted by atomic mass is 16.5. The lowest BCUT2D eigenvalue weighted by atomic mass is 9.97. The average molecular weight is 295 g/mol. The van der Waals surface area contributed by atoms with Gasteiger partial charge in [0.25, 0.3) is 0 Å². The van der Waals surface area contributed by atoms with Crippen molar-refractivity contribution in [1.29, 1.82) is 0 Å². The molecule has 3 rings (SSSR count). The van der Waals surface area contributed by atoms with Gasteiger partial charge in [0.2, 0.25) is 0 Å². The predicted molar refractivity (Wildman–Crippen MR) is 91.1 cm³/mol. The Morgan fingerprint density at radius 1 is 0.955 bits per heavy atom. The Morgan fingerprint density at radius 2 is 1.64 bits per heavy atom. The SMILES string of the molecule is Cc1ccc(CN2CCC(COc3ccccc3)CC2)cc1. The summed E-state index contributed by atoms with van der Waals surface area (Å²) in [5.74, 6) is 1.68. The Kier molecular flexibility index (Phi) is 5.12. The molecule has 0 saturated carbocycles. The zero-order valence-electron chi connectivity index (χ0n) is 13.4. The largest absolute Gasteiger partial charge is 0.493 e. The van der Waals surface area contributed by atoms with Crippen molar-refractivity contribution < 1.29 is 4.74 Å². The summed E-state index contributed by atoms with van der Waals surface area (Å²) < 4.78 is 5.89. The standard InChI is InChI=1S/C20H25NO/c1-17-7-9-18(10-8-17)15-21-13-11-19(12-14-21)16-22-20-5-3-2-4-6-20/h2-10,19H,11-16H2,1H3. The minimum absolute atomic E-state index is 0.689. The smallest absolute Gasteiger partial charge is 0.119 e. The van der Waals surface area contributed by atoms with E-state index in [-0.39, 0.29) is 0 Å². The number of aryl methyl sites for hydroxylation is 1. The summed E-state index contributed by atoms with van der Waals surface area (Å²) in [6, 6.07) is 19.1. The molecule has 0 atom stereocenters. The van der Waals surface area contributed by atoms with Crippen LogP contribution in [0.1, 0.15) is 24.0 Å². The molecular weight excluding hydrogens is 270 g/mol. The molecule has 116 valence electrons. The van der Waals surface area contributed by atoms with Crippen molar-refractivity contribution in [3.05, 3.63) is 65.7 Å². The van der Waals surface area contributed by atoms with Crippen LogP contribution in [0, 0.1) is 12.8 Å². The van der Waals surface area contributed by atoms with E-state index in [0.29, 0.717) is 5.92 Å². The number of hydrogen-bond acceptors (Lipinski definition) is 2. The van der Waals surface area contributed by atoms with Crippen LogP contribution in [0.25, 0.3) is 0 Å². The summed E-state index contributed by atoms with van der Waals surface area (Å²) in [6.07, 6.45) is 2.47. The van der Waals surface area contributed by atoms with Gasteiger partial charge in [-0.2, -0.15) is 0 Å². The third-order valence-corrected chi connectivity index (χ3v) is 4.46. The first-order valence-corrected chi connectivity index (χ1v) is 8.25. The molecule has 0 amide bonds. The van der Waals surface area contributed by atoms with Gasteiger partial charge in [-0.05, 0) is 56.5 Å². The van der Waals surface area contributed by atoms with E-state index in [1.807, 2.05) is 30.3 Å². The quantitative estimate of drug-likeness (QED) is 0.816. The molecule has 0 N–H and O–H groups in total. The van der Waals surface area contributed by atoms with E-state index in [2.05, 4.69) is 36.1 Å². The summed E-state index contributed by atoms with van der Waals surface area (Å²) >= 11 is 0. The molecule has 0 aromatic heterocycles. The van der Waals surface area contributed by atoms with Gasteiger partial charge >= 0.3 is 0 Å². The monoisotopic (exact) mass is 295 g/mol. The molecule has 0 spiro atoms. The van der Waals surface area contributed by atoms with Gasteiger partial charge in [-0.3, -0.25) is 4.90 Å². The summed E-state index contributed by atoms with van der Waals surface area (Å²) in [6.45, 7) is 6.42. The predicted octanol–water partition coefficient (Wildman–Crippen LogP) is 4.29. The molecule has 2 aromatic carbocycles. The molecule has 0 unspecified atom stereocenters. The van der Waals surface area contributed by atoms with Gasteiger partial charge in [-0.1, -0.05) is 48.0 Å². The molecule has 1 saturated heterocycles. The number of rotatable bonds is 5. The Labute approximate surface area is 133 Å². The molecule has 0 radical (unpaired) electrons. The fourth-order valence-electron chi connectivity index (χ4n) is 2.99. The third-order valence-electron chi connectivity index (χ3n) is 4.46. The van der Waals surface area contributed by atoms with Crippen molar-refractivity contribution in [2.75, 3.05) is 19.7 Å². The first kappa shape index (κ1) is 15.1. The van der Waals surface area contributed by atoms with E-state index in [9.17, 15) is 0 Å². The van der Waals surface area contributed by atoms with Crippen LogP contribution in [-0.2, 0) is 6.54 Å². The first-order valence-electron chi connectivity index (χ1n) is 8.25. The van der Waals surface area contributed by atoms with Gasteiger partial charge in [0.05, 0.1) is 6.61 Å². The molecule has 1 fully saturated rings. The van der Waals surface area contributed by atoms with Crippen LogP contribution in [0.2, 0.25) is 0 Å². The van der Waals surface area contributed by atoms with Crippen molar-refractivity contribution in [2.24, 2.45) is 5.92 Å². The van der Waals surface area contributed by atoms with E-state index < -0.39 is 0 Å². The van der Waals surface area contributed by atoms with Gasteiger partial charge in [0.1, 0.15) is 5.75 Å². The van der Waals surface area contributed by atoms with E-state index in [1.165, 1.54) is 37.1 Å². The van der Waals surface area contributed by atoms with E-state index in [1.54, 1.807) is 0 Å². The number of ether oxygens (including phenoxy) is 1. The lowest BCUT2D eigenvalue weighted by Crippen LogP contribution is -2.35. The average Bonchev–Trinajstić information content (AvgIpc) is 2.57. The van der Waals surface area contributed by atoms with Crippen LogP contribution >= 0.6 is 0 Å². The number of piperidine rings is 1. The molecule has 1 aliphatic heterocycles. The van der Waals surface area contributed by atoms with Gasteiger partial charge < -0.3 is 4.74 Å². The molecule has 2 aromatic rings. The molecule has 0 bridgehead atoms. The van der Waals surface area contributed by atoms with Crippen molar-refractivity contribution >= 4 is 0 Å². The molecular formula is C20H25NO. The van der Waals surface area contributed by atoms with Crippen LogP contribution in [-0.4, -0.2) is 24.6 Å². The van der Waals surface area contributed by atoms with Gasteiger partial charge in [0.15, 0.2) is 0 Å². The lowest BCUT2D eigenvalue weighted by molar-refractivity contribution is 0.136. The van der Waals surface area contributed by atoms with Crippen molar-refractivity contribution in [3.63, 3.8) is 0 Å². The van der Waals surface area contributed by atoms with Crippen LogP contribution in [0.15, 0.2) is 54.6 Å². The number of para-hydroxylation sites is 1. The van der Waals surface area contributed by atoms with Crippen molar-refractivity contribution in [3.8, 4) is 5.75 Å². The molecule has 1 heterocycles. The number of hydrogen-bond donors (Lipinski definition) is 0. The number of nitrogens with zero attached hydrogens (tertiary/aromatic N) is 1. The van der Waals surface area contributed by atoms with Gasteiger partial charge in [-0.15, -0.1) is 0 Å². The second-order valence-corrected chi connectivity index (χ2v) is 6.33. The maximum atomic E-state index is 5.89. The first-order chi connectivity index (χ1) is 10.8. The maximum absolute atomic E-state index is 5.89. The van der Waals surface area contributed by atoms with Crippen LogP contribution in [0.5, 0.6) is 5.75 Å². The summed E-state index contributed by atoms with van der Waals surface area (Å²) in [5, 5.41) is 0. The van der Waals surface area contributed by atoms with E-state index >= 15 is 0 Å². The van der Waals surface area contributed by atoms with E-state index in [0.717, 1.165) is 18.9 Å². The van der Waals surface area contributed by atoms with Crippen LogP contribution in [0.3, 0.4) is 0 Å². The fraction of sp³-hybridized carbons (Fsp3) is 0.400. The highest BCUT2D eigenvalue weighted by Crippen LogP contribution is 2.20. The van der Waals surface area contributed by atoms with Crippen molar-refractivity contribution in [2.45, 2.75) is 26.3 Å². The Bertz CT molecular complexity index is 556. The molecule has 2 nitrogen and oxygen atoms in total. The minimum Gasteiger partial charge on any atom is -0.493 e. The topological polar surface area (TPSA) is 12.5 Å². The van der Waals surface area contributed by atoms with Gasteiger partial charge in [0, 0.05) is 6.54 Å². The molecule has 1 aliphatic rings. The fourth-order valence-corrected chi connectivity index (χ4v) is 2.99. The second-order valence-electron chi connectivity index (χ2n) is 6.33. The summed E-state index contributed by atoms with van der Waals surface area (Å²) in [7, 11) is 0. The Hall–Kier alpha value is -1.80. The molecule has 2 heteroatoms. The zero-order valence-corrected chi connectivity index (χ0v) is 13.4. The lowest BCUT2D eigenvalue weighted by Gasteiger charge is -2.31. The molecule has 22 heavy (non-hydrogen) atoms. The number of benzene rings is 2. The van der Waals surface area contributed by atoms with Gasteiger partial charge in [-0.25, -0.2) is 0 Å². The third kappa shape index (κ3) is 4.35. The van der Waals surface area contributed by atoms with E-state index in [4.69, 9.17) is 4.74 Å². The van der Waals surface area contributed by atoms with Crippen molar-refractivity contribution in [1.82, 2.24) is 4.90 Å². The number of likely N-dealkylation sites (tertiary alicyclic amines) is 1. The highest BCUT2D eigenvalue weighted by Gasteiger charge is 2.19. The molecule has 0 aliphatic carbocycles. The zero-order chi connectivity index (χ0) is 15.2. The Morgan fingerprint density at radius 3 is 2.32 bits per heavy atom.